The molecule has 1 rings (SSSR count). The Hall–Kier alpha value is -1.75. The molecule has 0 aromatic heterocycles. The summed E-state index contributed by atoms with van der Waals surface area (Å²) in [6, 6.07) is 2.65. The molecule has 0 amide bonds. The van der Waals surface area contributed by atoms with Crippen LogP contribution in [0.4, 0.5) is 10.1 Å². The number of nitrogens with zero attached hydrogens (tertiary/aromatic N) is 1. The third-order valence-corrected chi connectivity index (χ3v) is 2.01. The molecule has 0 fully saturated rings. The molecule has 0 aliphatic carbocycles. The number of nitro benzene ring substituents is 1. The van der Waals surface area contributed by atoms with Crippen molar-refractivity contribution in [3.8, 4) is 0 Å². The summed E-state index contributed by atoms with van der Waals surface area (Å²) < 4.78 is 12.9. The summed E-state index contributed by atoms with van der Waals surface area (Å²) in [4.78, 5) is 10.1. The topological polar surface area (TPSA) is 69.2 Å². The lowest BCUT2D eigenvalue weighted by molar-refractivity contribution is -0.385. The largest absolute Gasteiger partial charge is 0.323 e. The summed E-state index contributed by atoms with van der Waals surface area (Å²) >= 11 is 0. The van der Waals surface area contributed by atoms with E-state index in [1.807, 2.05) is 0 Å². The lowest BCUT2D eigenvalue weighted by Crippen LogP contribution is -2.11. The molecule has 0 unspecified atom stereocenters. The van der Waals surface area contributed by atoms with Crippen LogP contribution in [0.25, 0.3) is 0 Å². The summed E-state index contributed by atoms with van der Waals surface area (Å²) in [5.74, 6) is -0.532. The van der Waals surface area contributed by atoms with Gasteiger partial charge in [0.2, 0.25) is 0 Å². The maximum atomic E-state index is 12.9. The van der Waals surface area contributed by atoms with Gasteiger partial charge in [-0.3, -0.25) is 10.1 Å². The third kappa shape index (κ3) is 2.60. The Bertz CT molecular complexity index is 393. The van der Waals surface area contributed by atoms with Crippen LogP contribution in [-0.2, 0) is 0 Å². The summed E-state index contributed by atoms with van der Waals surface area (Å²) in [5, 5.41) is 10.6. The molecule has 1 aromatic carbocycles. The molecular weight excluding hydrogens is 199 g/mol. The highest BCUT2D eigenvalue weighted by atomic mass is 19.1. The molecule has 0 bridgehead atoms. The summed E-state index contributed by atoms with van der Waals surface area (Å²) in [7, 11) is 0. The number of nitrogens with two attached hydrogens (primary N) is 1. The SMILES string of the molecule is C=CC[C@H](N)c1cc(F)ccc1[N+](=O)[O-]. The van der Waals surface area contributed by atoms with Crippen molar-refractivity contribution in [3.05, 3.63) is 52.3 Å². The van der Waals surface area contributed by atoms with Gasteiger partial charge in [0, 0.05) is 17.7 Å². The zero-order chi connectivity index (χ0) is 11.4. The average Bonchev–Trinajstić information content (AvgIpc) is 2.17. The molecule has 0 aliphatic heterocycles. The third-order valence-electron chi connectivity index (χ3n) is 2.01. The number of hydrogen-bond acceptors (Lipinski definition) is 3. The smallest absolute Gasteiger partial charge is 0.274 e. The molecule has 0 spiro atoms. The highest BCUT2D eigenvalue weighted by Gasteiger charge is 2.18. The van der Waals surface area contributed by atoms with Gasteiger partial charge in [-0.1, -0.05) is 6.08 Å². The van der Waals surface area contributed by atoms with Crippen molar-refractivity contribution in [3.63, 3.8) is 0 Å². The molecular formula is C10H11FN2O2. The van der Waals surface area contributed by atoms with Gasteiger partial charge in [0.05, 0.1) is 4.92 Å². The van der Waals surface area contributed by atoms with E-state index in [0.717, 1.165) is 18.2 Å². The molecule has 5 heteroatoms. The second-order valence-electron chi connectivity index (χ2n) is 3.09. The Morgan fingerprint density at radius 1 is 1.67 bits per heavy atom. The van der Waals surface area contributed by atoms with Crippen LogP contribution in [0.5, 0.6) is 0 Å². The summed E-state index contributed by atoms with van der Waals surface area (Å²) in [6.07, 6.45) is 1.91. The molecule has 1 aromatic rings. The fourth-order valence-corrected chi connectivity index (χ4v) is 1.30. The van der Waals surface area contributed by atoms with Crippen LogP contribution in [0.2, 0.25) is 0 Å². The molecule has 2 N–H and O–H groups in total. The normalized spacial score (nSPS) is 12.1. The molecule has 0 heterocycles. The number of hydrogen-bond donors (Lipinski definition) is 1. The fraction of sp³-hybridized carbons (Fsp3) is 0.200. The van der Waals surface area contributed by atoms with Gasteiger partial charge in [-0.15, -0.1) is 6.58 Å². The van der Waals surface area contributed by atoms with Gasteiger partial charge in [-0.2, -0.15) is 0 Å². The molecule has 4 nitrogen and oxygen atoms in total. The first kappa shape index (κ1) is 11.3. The fourth-order valence-electron chi connectivity index (χ4n) is 1.30. The molecule has 0 saturated carbocycles. The molecule has 1 atom stereocenters. The first-order valence-corrected chi connectivity index (χ1v) is 4.36. The highest BCUT2D eigenvalue weighted by molar-refractivity contribution is 5.42. The number of benzene rings is 1. The van der Waals surface area contributed by atoms with E-state index in [4.69, 9.17) is 5.73 Å². The highest BCUT2D eigenvalue weighted by Crippen LogP contribution is 2.26. The van der Waals surface area contributed by atoms with Crippen LogP contribution in [-0.4, -0.2) is 4.92 Å². The average molecular weight is 210 g/mol. The molecule has 0 radical (unpaired) electrons. The van der Waals surface area contributed by atoms with Gasteiger partial charge in [0.1, 0.15) is 5.82 Å². The van der Waals surface area contributed by atoms with E-state index in [2.05, 4.69) is 6.58 Å². The summed E-state index contributed by atoms with van der Waals surface area (Å²) in [5.41, 5.74) is 5.70. The van der Waals surface area contributed by atoms with E-state index in [9.17, 15) is 14.5 Å². The second-order valence-corrected chi connectivity index (χ2v) is 3.09. The zero-order valence-corrected chi connectivity index (χ0v) is 8.02. The van der Waals surface area contributed by atoms with Crippen molar-refractivity contribution < 1.29 is 9.31 Å². The first-order chi connectivity index (χ1) is 7.06. The Morgan fingerprint density at radius 3 is 2.87 bits per heavy atom. The van der Waals surface area contributed by atoms with Crippen LogP contribution < -0.4 is 5.73 Å². The van der Waals surface area contributed by atoms with Crippen molar-refractivity contribution >= 4 is 5.69 Å². The van der Waals surface area contributed by atoms with E-state index >= 15 is 0 Å². The van der Waals surface area contributed by atoms with E-state index in [0.29, 0.717) is 6.42 Å². The van der Waals surface area contributed by atoms with Gasteiger partial charge in [-0.05, 0) is 18.6 Å². The standard InChI is InChI=1S/C10H11FN2O2/c1-2-3-9(12)8-6-7(11)4-5-10(8)13(14)15/h2,4-6,9H,1,3,12H2/t9-/m0/s1. The summed E-state index contributed by atoms with van der Waals surface area (Å²) in [6.45, 7) is 3.48. The van der Waals surface area contributed by atoms with Crippen molar-refractivity contribution in [1.29, 1.82) is 0 Å². The first-order valence-electron chi connectivity index (χ1n) is 4.36. The van der Waals surface area contributed by atoms with Crippen LogP contribution in [0.15, 0.2) is 30.9 Å². The predicted molar refractivity (Wildman–Crippen MR) is 54.8 cm³/mol. The van der Waals surface area contributed by atoms with Crippen molar-refractivity contribution in [2.24, 2.45) is 5.73 Å². The number of halogens is 1. The Labute approximate surface area is 86.4 Å². The van der Waals surface area contributed by atoms with E-state index < -0.39 is 16.8 Å². The second kappa shape index (κ2) is 4.65. The van der Waals surface area contributed by atoms with Crippen molar-refractivity contribution in [2.45, 2.75) is 12.5 Å². The van der Waals surface area contributed by atoms with Gasteiger partial charge in [0.15, 0.2) is 0 Å². The predicted octanol–water partition coefficient (Wildman–Crippen LogP) is 2.31. The lowest BCUT2D eigenvalue weighted by atomic mass is 10.0. The minimum absolute atomic E-state index is 0.161. The van der Waals surface area contributed by atoms with Gasteiger partial charge >= 0.3 is 0 Å². The van der Waals surface area contributed by atoms with Crippen LogP contribution >= 0.6 is 0 Å². The monoisotopic (exact) mass is 210 g/mol. The molecule has 0 saturated heterocycles. The Balaban J connectivity index is 3.17. The molecule has 80 valence electrons. The van der Waals surface area contributed by atoms with E-state index in [-0.39, 0.29) is 11.3 Å². The van der Waals surface area contributed by atoms with Gasteiger partial charge < -0.3 is 5.73 Å². The minimum Gasteiger partial charge on any atom is -0.323 e. The Kier molecular flexibility index (Phi) is 3.51. The molecule has 15 heavy (non-hydrogen) atoms. The quantitative estimate of drug-likeness (QED) is 0.471. The van der Waals surface area contributed by atoms with Crippen LogP contribution in [0, 0.1) is 15.9 Å². The van der Waals surface area contributed by atoms with Gasteiger partial charge in [-0.25, -0.2) is 4.39 Å². The van der Waals surface area contributed by atoms with Crippen LogP contribution in [0.3, 0.4) is 0 Å². The number of nitro groups is 1. The van der Waals surface area contributed by atoms with Crippen LogP contribution in [0.1, 0.15) is 18.0 Å². The van der Waals surface area contributed by atoms with Crippen molar-refractivity contribution in [1.82, 2.24) is 0 Å². The van der Waals surface area contributed by atoms with E-state index in [1.165, 1.54) is 0 Å². The molecule has 0 aliphatic rings. The zero-order valence-electron chi connectivity index (χ0n) is 8.02. The maximum Gasteiger partial charge on any atom is 0.274 e. The van der Waals surface area contributed by atoms with Gasteiger partial charge in [0.25, 0.3) is 5.69 Å². The number of rotatable bonds is 4. The minimum atomic E-state index is -0.599. The van der Waals surface area contributed by atoms with E-state index in [1.54, 1.807) is 6.08 Å². The lowest BCUT2D eigenvalue weighted by Gasteiger charge is -2.09. The van der Waals surface area contributed by atoms with Crippen molar-refractivity contribution in [2.75, 3.05) is 0 Å². The maximum absolute atomic E-state index is 12.9. The Morgan fingerprint density at radius 2 is 2.33 bits per heavy atom.